The summed E-state index contributed by atoms with van der Waals surface area (Å²) in [6.07, 6.45) is 4.43. The fraction of sp³-hybridized carbons (Fsp3) is 0.150. The van der Waals surface area contributed by atoms with Gasteiger partial charge in [-0.05, 0) is 42.3 Å². The zero-order chi connectivity index (χ0) is 18.1. The van der Waals surface area contributed by atoms with E-state index in [4.69, 9.17) is 0 Å². The molecule has 1 saturated heterocycles. The van der Waals surface area contributed by atoms with Gasteiger partial charge in [0.15, 0.2) is 0 Å². The number of nitrogens with zero attached hydrogens (tertiary/aromatic N) is 1. The molecule has 6 heteroatoms. The number of aromatic nitrogens is 1. The molecule has 130 valence electrons. The molecule has 3 aromatic rings. The van der Waals surface area contributed by atoms with Gasteiger partial charge in [0.1, 0.15) is 0 Å². The maximum absolute atomic E-state index is 12.4. The zero-order valence-electron chi connectivity index (χ0n) is 13.9. The van der Waals surface area contributed by atoms with Gasteiger partial charge >= 0.3 is 0 Å². The van der Waals surface area contributed by atoms with Crippen LogP contribution in [-0.2, 0) is 16.0 Å². The molecule has 26 heavy (non-hydrogen) atoms. The van der Waals surface area contributed by atoms with Crippen LogP contribution in [0.3, 0.4) is 0 Å². The largest absolute Gasteiger partial charge is 0.323 e. The maximum Gasteiger partial charge on any atom is 0.257 e. The number of rotatable bonds is 4. The van der Waals surface area contributed by atoms with E-state index >= 15 is 0 Å². The van der Waals surface area contributed by atoms with Crippen molar-refractivity contribution in [3.05, 3.63) is 72.1 Å². The number of pyridine rings is 1. The van der Waals surface area contributed by atoms with E-state index in [0.717, 1.165) is 11.1 Å². The van der Waals surface area contributed by atoms with E-state index in [2.05, 4.69) is 10.6 Å². The third kappa shape index (κ3) is 3.21. The Hall–Kier alpha value is -3.41. The molecule has 0 saturated carbocycles. The third-order valence-electron chi connectivity index (χ3n) is 4.53. The van der Waals surface area contributed by atoms with Crippen molar-refractivity contribution in [2.24, 2.45) is 5.92 Å². The van der Waals surface area contributed by atoms with E-state index < -0.39 is 0 Å². The number of hydrogen-bond donors (Lipinski definition) is 2. The number of anilines is 1. The molecule has 6 nitrogen and oxygen atoms in total. The molecule has 2 aromatic heterocycles. The topological polar surface area (TPSA) is 79.7 Å². The van der Waals surface area contributed by atoms with E-state index in [1.165, 1.54) is 0 Å². The first kappa shape index (κ1) is 16.1. The Balaban J connectivity index is 1.43. The summed E-state index contributed by atoms with van der Waals surface area (Å²) in [5.74, 6) is -0.920. The molecule has 1 fully saturated rings. The summed E-state index contributed by atoms with van der Waals surface area (Å²) in [4.78, 5) is 35.3. The molecule has 0 spiro atoms. The number of carbonyl (C=O) groups is 3. The Kier molecular flexibility index (Phi) is 4.01. The molecule has 0 bridgehead atoms. The molecule has 0 aliphatic carbocycles. The highest BCUT2D eigenvalue weighted by molar-refractivity contribution is 6.05. The second-order valence-electron chi connectivity index (χ2n) is 6.43. The quantitative estimate of drug-likeness (QED) is 0.711. The van der Waals surface area contributed by atoms with Gasteiger partial charge in [-0.15, -0.1) is 0 Å². The van der Waals surface area contributed by atoms with Crippen LogP contribution in [0.2, 0.25) is 0 Å². The van der Waals surface area contributed by atoms with E-state index in [-0.39, 0.29) is 30.1 Å². The van der Waals surface area contributed by atoms with Gasteiger partial charge in [-0.25, -0.2) is 0 Å². The lowest BCUT2D eigenvalue weighted by Crippen LogP contribution is -2.22. The molecule has 1 aromatic carbocycles. The van der Waals surface area contributed by atoms with Crippen molar-refractivity contribution >= 4 is 28.9 Å². The number of fused-ring (bicyclic) bond motifs is 1. The highest BCUT2D eigenvalue weighted by Gasteiger charge is 2.30. The Labute approximate surface area is 149 Å². The van der Waals surface area contributed by atoms with Gasteiger partial charge in [0, 0.05) is 30.0 Å². The summed E-state index contributed by atoms with van der Waals surface area (Å²) >= 11 is 0. The highest BCUT2D eigenvalue weighted by atomic mass is 16.2. The van der Waals surface area contributed by atoms with E-state index in [0.29, 0.717) is 17.7 Å². The molecule has 2 N–H and O–H groups in total. The summed E-state index contributed by atoms with van der Waals surface area (Å²) < 4.78 is 1.89. The van der Waals surface area contributed by atoms with Crippen molar-refractivity contribution < 1.29 is 14.4 Å². The molecule has 3 amide bonds. The number of nitrogens with one attached hydrogen (secondary N) is 2. The van der Waals surface area contributed by atoms with Crippen LogP contribution in [0.15, 0.2) is 60.9 Å². The second-order valence-corrected chi connectivity index (χ2v) is 6.43. The van der Waals surface area contributed by atoms with Crippen LogP contribution in [0.5, 0.6) is 0 Å². The highest BCUT2D eigenvalue weighted by Crippen LogP contribution is 2.19. The number of amides is 3. The molecular formula is C20H17N3O3. The van der Waals surface area contributed by atoms with Crippen molar-refractivity contribution in [2.45, 2.75) is 12.8 Å². The molecular weight excluding hydrogens is 330 g/mol. The Morgan fingerprint density at radius 2 is 1.96 bits per heavy atom. The maximum atomic E-state index is 12.4. The summed E-state index contributed by atoms with van der Waals surface area (Å²) in [5, 5.41) is 5.19. The number of carbonyl (C=O) groups excluding carboxylic acids is 3. The normalized spacial score (nSPS) is 16.7. The van der Waals surface area contributed by atoms with E-state index in [1.54, 1.807) is 18.3 Å². The van der Waals surface area contributed by atoms with Crippen molar-refractivity contribution in [3.63, 3.8) is 0 Å². The van der Waals surface area contributed by atoms with Gasteiger partial charge in [-0.3, -0.25) is 19.7 Å². The summed E-state index contributed by atoms with van der Waals surface area (Å²) in [6.45, 7) is 0. The van der Waals surface area contributed by atoms with Gasteiger partial charge in [0.05, 0.1) is 11.5 Å². The van der Waals surface area contributed by atoms with Crippen molar-refractivity contribution in [2.75, 3.05) is 5.32 Å². The van der Waals surface area contributed by atoms with Gasteiger partial charge < -0.3 is 9.72 Å². The number of hydrogen-bond acceptors (Lipinski definition) is 3. The van der Waals surface area contributed by atoms with E-state index in [1.807, 2.05) is 47.0 Å². The van der Waals surface area contributed by atoms with Crippen LogP contribution in [0.25, 0.3) is 5.52 Å². The summed E-state index contributed by atoms with van der Waals surface area (Å²) in [5.41, 5.74) is 3.17. The fourth-order valence-corrected chi connectivity index (χ4v) is 3.16. The molecule has 0 radical (unpaired) electrons. The third-order valence-corrected chi connectivity index (χ3v) is 4.53. The van der Waals surface area contributed by atoms with Crippen LogP contribution in [-0.4, -0.2) is 22.1 Å². The first-order valence-corrected chi connectivity index (χ1v) is 8.39. The molecule has 1 atom stereocenters. The average Bonchev–Trinajstić information content (AvgIpc) is 3.19. The lowest BCUT2D eigenvalue weighted by molar-refractivity contribution is -0.125. The predicted molar refractivity (Wildman–Crippen MR) is 96.8 cm³/mol. The smallest absolute Gasteiger partial charge is 0.257 e. The second kappa shape index (κ2) is 6.48. The monoisotopic (exact) mass is 347 g/mol. The summed E-state index contributed by atoms with van der Waals surface area (Å²) in [7, 11) is 0. The predicted octanol–water partition coefficient (Wildman–Crippen LogP) is 2.40. The van der Waals surface area contributed by atoms with Gasteiger partial charge in [-0.2, -0.15) is 0 Å². The van der Waals surface area contributed by atoms with Crippen molar-refractivity contribution in [1.82, 2.24) is 9.72 Å². The Morgan fingerprint density at radius 3 is 2.65 bits per heavy atom. The van der Waals surface area contributed by atoms with Gasteiger partial charge in [0.25, 0.3) is 5.91 Å². The minimum Gasteiger partial charge on any atom is -0.323 e. The van der Waals surface area contributed by atoms with Crippen LogP contribution in [0.1, 0.15) is 22.3 Å². The minimum absolute atomic E-state index is 0.179. The van der Waals surface area contributed by atoms with Crippen LogP contribution in [0, 0.1) is 5.92 Å². The fourth-order valence-electron chi connectivity index (χ4n) is 3.16. The zero-order valence-corrected chi connectivity index (χ0v) is 13.9. The standard InChI is InChI=1S/C20H17N3O3/c24-18-11-14(19(25)22-18)9-13-4-6-16(7-5-13)21-20(26)15-10-17-3-1-2-8-23(17)12-15/h1-8,10,12,14H,9,11H2,(H,21,26)(H,22,24,25)/t14-/m1/s1. The first-order chi connectivity index (χ1) is 12.6. The first-order valence-electron chi connectivity index (χ1n) is 8.39. The lowest BCUT2D eigenvalue weighted by atomic mass is 9.98. The number of imide groups is 1. The molecule has 3 heterocycles. The molecule has 4 rings (SSSR count). The van der Waals surface area contributed by atoms with Crippen molar-refractivity contribution in [1.29, 1.82) is 0 Å². The Bertz CT molecular complexity index is 972. The van der Waals surface area contributed by atoms with Gasteiger partial charge in [0.2, 0.25) is 11.8 Å². The number of benzene rings is 1. The van der Waals surface area contributed by atoms with E-state index in [9.17, 15) is 14.4 Å². The Morgan fingerprint density at radius 1 is 1.15 bits per heavy atom. The summed E-state index contributed by atoms with van der Waals surface area (Å²) in [6, 6.07) is 14.9. The average molecular weight is 347 g/mol. The lowest BCUT2D eigenvalue weighted by Gasteiger charge is -2.08. The van der Waals surface area contributed by atoms with Gasteiger partial charge in [-0.1, -0.05) is 18.2 Å². The molecule has 0 unspecified atom stereocenters. The van der Waals surface area contributed by atoms with Crippen LogP contribution in [0.4, 0.5) is 5.69 Å². The van der Waals surface area contributed by atoms with Crippen LogP contribution >= 0.6 is 0 Å². The minimum atomic E-state index is -0.309. The molecule has 1 aliphatic rings. The molecule has 1 aliphatic heterocycles. The van der Waals surface area contributed by atoms with Crippen molar-refractivity contribution in [3.8, 4) is 0 Å². The van der Waals surface area contributed by atoms with Crippen LogP contribution < -0.4 is 10.6 Å². The SMILES string of the molecule is O=C1C[C@@H](Cc2ccc(NC(=O)c3cc4ccccn4c3)cc2)C(=O)N1.